The van der Waals surface area contributed by atoms with E-state index in [1.165, 1.54) is 21.9 Å². The molecule has 18 heteroatoms. The van der Waals surface area contributed by atoms with Crippen LogP contribution >= 0.6 is 11.3 Å². The summed E-state index contributed by atoms with van der Waals surface area (Å²) >= 11 is 1.34. The second-order valence-electron chi connectivity index (χ2n) is 14.3. The topological polar surface area (TPSA) is 185 Å². The number of fused-ring (bicyclic) bond motifs is 1. The molecule has 17 nitrogen and oxygen atoms in total. The van der Waals surface area contributed by atoms with Gasteiger partial charge in [-0.15, -0.1) is 16.4 Å². The van der Waals surface area contributed by atoms with E-state index in [2.05, 4.69) is 51.9 Å². The van der Waals surface area contributed by atoms with Crippen LogP contribution in [-0.4, -0.2) is 123 Å². The lowest BCUT2D eigenvalue weighted by Crippen LogP contribution is -2.52. The zero-order valence-corrected chi connectivity index (χ0v) is 32.5. The Kier molecular flexibility index (Phi) is 11.7. The summed E-state index contributed by atoms with van der Waals surface area (Å²) in [5.74, 6) is 0.712. The summed E-state index contributed by atoms with van der Waals surface area (Å²) in [6.45, 7) is 8.05. The van der Waals surface area contributed by atoms with Crippen LogP contribution < -0.4 is 25.8 Å². The fraction of sp³-hybridized carbons (Fsp3) is 0.378. The molecule has 3 amide bonds. The number of aromatic nitrogens is 7. The van der Waals surface area contributed by atoms with Gasteiger partial charge >= 0.3 is 0 Å². The van der Waals surface area contributed by atoms with Crippen molar-refractivity contribution in [2.45, 2.75) is 32.7 Å². The molecule has 0 saturated carbocycles. The third-order valence-electron chi connectivity index (χ3n) is 8.88. The standard InChI is InChI=1S/C37H44N12O5S/c1-37(2,3)28-23-55-36(39-28)41-34(52)25-13-14-48-30(19-25)40-33(47-17-15-46(16-18-47)32(51)20-38-31(50)22-45(4)5)27(35(48)53)11-12-29-42-43-44-49(29)21-24-7-9-26(54-6)10-8-24/h7-14,19,23H,15-18,20-22H2,1-6H3,(H,38,50)(H,39,41,52). The van der Waals surface area contributed by atoms with Crippen LogP contribution in [0, 0.1) is 0 Å². The third-order valence-corrected chi connectivity index (χ3v) is 9.64. The second kappa shape index (κ2) is 16.6. The lowest BCUT2D eigenvalue weighted by Gasteiger charge is -2.36. The van der Waals surface area contributed by atoms with E-state index in [4.69, 9.17) is 9.72 Å². The van der Waals surface area contributed by atoms with Gasteiger partial charge in [-0.1, -0.05) is 32.9 Å². The zero-order chi connectivity index (χ0) is 39.3. The molecular formula is C37H44N12O5S. The number of pyridine rings is 1. The largest absolute Gasteiger partial charge is 0.497 e. The molecule has 1 aliphatic heterocycles. The van der Waals surface area contributed by atoms with E-state index in [1.54, 1.807) is 60.0 Å². The van der Waals surface area contributed by atoms with E-state index in [0.29, 0.717) is 55.1 Å². The number of carbonyl (C=O) groups excluding carboxylic acids is 3. The number of ether oxygens (including phenoxy) is 1. The quantitative estimate of drug-likeness (QED) is 0.189. The third kappa shape index (κ3) is 9.39. The monoisotopic (exact) mass is 768 g/mol. The molecule has 55 heavy (non-hydrogen) atoms. The Morgan fingerprint density at radius 1 is 1.02 bits per heavy atom. The minimum atomic E-state index is -0.384. The smallest absolute Gasteiger partial charge is 0.267 e. The van der Waals surface area contributed by atoms with Crippen molar-refractivity contribution in [1.29, 1.82) is 0 Å². The first-order chi connectivity index (χ1) is 26.3. The minimum Gasteiger partial charge on any atom is -0.497 e. The number of nitrogens with one attached hydrogen (secondary N) is 2. The first kappa shape index (κ1) is 38.7. The van der Waals surface area contributed by atoms with E-state index in [0.717, 1.165) is 17.0 Å². The molecule has 4 aromatic heterocycles. The van der Waals surface area contributed by atoms with Gasteiger partial charge in [-0.05, 0) is 66.5 Å². The van der Waals surface area contributed by atoms with Crippen LogP contribution in [0.4, 0.5) is 10.9 Å². The maximum Gasteiger partial charge on any atom is 0.267 e. The molecule has 0 radical (unpaired) electrons. The Bertz CT molecular complexity index is 2260. The predicted molar refractivity (Wildman–Crippen MR) is 209 cm³/mol. The van der Waals surface area contributed by atoms with E-state index in [9.17, 15) is 19.2 Å². The molecule has 0 atom stereocenters. The molecule has 5 aromatic rings. The zero-order valence-electron chi connectivity index (χ0n) is 31.6. The molecule has 1 fully saturated rings. The number of nitrogens with zero attached hydrogens (tertiary/aromatic N) is 10. The molecular weight excluding hydrogens is 725 g/mol. The van der Waals surface area contributed by atoms with Crippen LogP contribution in [0.1, 0.15) is 53.8 Å². The van der Waals surface area contributed by atoms with Gasteiger partial charge in [0, 0.05) is 48.7 Å². The molecule has 288 valence electrons. The highest BCUT2D eigenvalue weighted by Gasteiger charge is 2.26. The van der Waals surface area contributed by atoms with Crippen molar-refractivity contribution in [3.63, 3.8) is 0 Å². The Morgan fingerprint density at radius 3 is 2.44 bits per heavy atom. The number of piperazine rings is 1. The molecule has 2 N–H and O–H groups in total. The van der Waals surface area contributed by atoms with Crippen LogP contribution in [0.15, 0.2) is 52.8 Å². The van der Waals surface area contributed by atoms with Crippen molar-refractivity contribution < 1.29 is 19.1 Å². The van der Waals surface area contributed by atoms with Gasteiger partial charge in [-0.3, -0.25) is 28.9 Å². The van der Waals surface area contributed by atoms with Gasteiger partial charge in [-0.25, -0.2) is 14.6 Å². The first-order valence-electron chi connectivity index (χ1n) is 17.6. The number of methoxy groups -OCH3 is 1. The lowest BCUT2D eigenvalue weighted by atomic mass is 9.93. The molecule has 0 spiro atoms. The number of anilines is 2. The van der Waals surface area contributed by atoms with Crippen molar-refractivity contribution in [2.75, 3.05) is 70.7 Å². The van der Waals surface area contributed by atoms with Gasteiger partial charge in [-0.2, -0.15) is 0 Å². The Labute approximate surface area is 321 Å². The fourth-order valence-corrected chi connectivity index (χ4v) is 6.75. The number of amides is 3. The molecule has 1 aliphatic rings. The van der Waals surface area contributed by atoms with Crippen molar-refractivity contribution in [3.05, 3.63) is 86.5 Å². The summed E-state index contributed by atoms with van der Waals surface area (Å²) in [5.41, 5.74) is 2.14. The van der Waals surface area contributed by atoms with Gasteiger partial charge < -0.3 is 24.8 Å². The van der Waals surface area contributed by atoms with Crippen molar-refractivity contribution in [1.82, 2.24) is 49.7 Å². The van der Waals surface area contributed by atoms with Crippen LogP contribution in [-0.2, 0) is 21.5 Å². The number of carbonyl (C=O) groups is 3. The Balaban J connectivity index is 1.28. The Morgan fingerprint density at radius 2 is 1.76 bits per heavy atom. The molecule has 0 unspecified atom stereocenters. The number of thiazole rings is 1. The van der Waals surface area contributed by atoms with E-state index >= 15 is 0 Å². The summed E-state index contributed by atoms with van der Waals surface area (Å²) in [7, 11) is 5.16. The van der Waals surface area contributed by atoms with Gasteiger partial charge in [0.15, 0.2) is 11.0 Å². The van der Waals surface area contributed by atoms with E-state index in [-0.39, 0.29) is 53.0 Å². The molecule has 6 rings (SSSR count). The maximum absolute atomic E-state index is 14.2. The number of likely N-dealkylation sites (N-methyl/N-ethyl adjacent to an activating group) is 1. The number of benzene rings is 1. The number of hydrogen-bond acceptors (Lipinski definition) is 13. The fourth-order valence-electron chi connectivity index (χ4n) is 5.82. The maximum atomic E-state index is 14.2. The summed E-state index contributed by atoms with van der Waals surface area (Å²) in [6.07, 6.45) is 4.83. The van der Waals surface area contributed by atoms with Gasteiger partial charge in [0.25, 0.3) is 11.5 Å². The van der Waals surface area contributed by atoms with Crippen LogP contribution in [0.25, 0.3) is 17.8 Å². The minimum absolute atomic E-state index is 0.106. The Hall–Kier alpha value is -6.01. The summed E-state index contributed by atoms with van der Waals surface area (Å²) < 4.78 is 8.26. The van der Waals surface area contributed by atoms with Gasteiger partial charge in [0.1, 0.15) is 17.2 Å². The molecule has 1 aromatic carbocycles. The van der Waals surface area contributed by atoms with Crippen molar-refractivity contribution in [3.8, 4) is 5.75 Å². The average Bonchev–Trinajstić information content (AvgIpc) is 3.83. The number of tetrazole rings is 1. The van der Waals surface area contributed by atoms with E-state index < -0.39 is 0 Å². The highest BCUT2D eigenvalue weighted by molar-refractivity contribution is 7.14. The highest BCUT2D eigenvalue weighted by Crippen LogP contribution is 2.27. The summed E-state index contributed by atoms with van der Waals surface area (Å²) in [5, 5.41) is 20.1. The SMILES string of the molecule is COc1ccc(Cn2nnnc2C=Cc2c(N3CCN(C(=O)CNC(=O)CN(C)C)CC3)nc3cc(C(=O)Nc4nc(C(C)(C)C)cs4)ccn3c2=O)cc1. The van der Waals surface area contributed by atoms with Crippen LogP contribution in [0.5, 0.6) is 5.75 Å². The van der Waals surface area contributed by atoms with Crippen LogP contribution in [0.2, 0.25) is 0 Å². The van der Waals surface area contributed by atoms with Crippen molar-refractivity contribution in [2.24, 2.45) is 0 Å². The summed E-state index contributed by atoms with van der Waals surface area (Å²) in [4.78, 5) is 67.5. The average molecular weight is 769 g/mol. The molecule has 5 heterocycles. The number of hydrogen-bond donors (Lipinski definition) is 2. The molecule has 1 saturated heterocycles. The highest BCUT2D eigenvalue weighted by atomic mass is 32.1. The normalized spacial score (nSPS) is 13.5. The van der Waals surface area contributed by atoms with E-state index in [1.807, 2.05) is 34.5 Å². The second-order valence-corrected chi connectivity index (χ2v) is 15.2. The molecule has 0 bridgehead atoms. The first-order valence-corrected chi connectivity index (χ1v) is 18.5. The van der Waals surface area contributed by atoms with Gasteiger partial charge in [0.2, 0.25) is 11.8 Å². The predicted octanol–water partition coefficient (Wildman–Crippen LogP) is 2.24. The van der Waals surface area contributed by atoms with Crippen molar-refractivity contribution >= 4 is 57.8 Å². The summed E-state index contributed by atoms with van der Waals surface area (Å²) in [6, 6.07) is 10.7. The lowest BCUT2D eigenvalue weighted by molar-refractivity contribution is -0.133. The molecule has 0 aliphatic carbocycles. The van der Waals surface area contributed by atoms with Crippen LogP contribution in [0.3, 0.4) is 0 Å². The van der Waals surface area contributed by atoms with Gasteiger partial charge in [0.05, 0.1) is 38.0 Å². The number of rotatable bonds is 12.